The molecular formula is C31H37ClFN3O4S. The number of carbonyl (C=O) groups is 2. The van der Waals surface area contributed by atoms with Crippen LogP contribution in [0.25, 0.3) is 0 Å². The summed E-state index contributed by atoms with van der Waals surface area (Å²) in [6.07, 6.45) is 0.290. The molecule has 1 atom stereocenters. The lowest BCUT2D eigenvalue weighted by atomic mass is 10.1. The Morgan fingerprint density at radius 3 is 2.17 bits per heavy atom. The van der Waals surface area contributed by atoms with Gasteiger partial charge >= 0.3 is 0 Å². The number of aryl methyl sites for hydroxylation is 2. The summed E-state index contributed by atoms with van der Waals surface area (Å²) in [6, 6.07) is 15.9. The average molecular weight is 602 g/mol. The first-order valence-electron chi connectivity index (χ1n) is 13.5. The molecule has 0 unspecified atom stereocenters. The van der Waals surface area contributed by atoms with E-state index >= 15 is 0 Å². The van der Waals surface area contributed by atoms with E-state index in [-0.39, 0.29) is 35.4 Å². The van der Waals surface area contributed by atoms with Gasteiger partial charge in [0.1, 0.15) is 18.4 Å². The molecule has 41 heavy (non-hydrogen) atoms. The fourth-order valence-corrected chi connectivity index (χ4v) is 5.81. The fraction of sp³-hybridized carbons (Fsp3) is 0.355. The van der Waals surface area contributed by atoms with Gasteiger partial charge in [-0.05, 0) is 73.7 Å². The first kappa shape index (κ1) is 32.1. The maximum atomic E-state index is 14.1. The number of hydrogen-bond donors (Lipinski definition) is 1. The highest BCUT2D eigenvalue weighted by molar-refractivity contribution is 7.92. The maximum Gasteiger partial charge on any atom is 0.264 e. The lowest BCUT2D eigenvalue weighted by Gasteiger charge is -2.33. The van der Waals surface area contributed by atoms with Crippen LogP contribution in [0.1, 0.15) is 43.9 Å². The van der Waals surface area contributed by atoms with Crippen molar-refractivity contribution in [2.75, 3.05) is 17.4 Å². The zero-order chi connectivity index (χ0) is 30.3. The third kappa shape index (κ3) is 8.30. The standard InChI is InChI=1S/C31H37ClFN3O4S/c1-6-29(31(38)34-18-21(2)3)35(19-24-10-12-25(33)13-11-24)30(37)20-36(26-14-9-23(5)28(32)17-26)41(39,40)27-15-7-22(4)8-16-27/h7-17,21,29H,6,18-20H2,1-5H3,(H,34,38)/t29-/m1/s1. The van der Waals surface area contributed by atoms with Crippen molar-refractivity contribution in [3.8, 4) is 0 Å². The normalized spacial score (nSPS) is 12.2. The van der Waals surface area contributed by atoms with Gasteiger partial charge in [-0.25, -0.2) is 12.8 Å². The Kier molecular flexibility index (Phi) is 10.9. The molecule has 1 N–H and O–H groups in total. The Morgan fingerprint density at radius 1 is 0.976 bits per heavy atom. The molecule has 2 amide bonds. The number of hydrogen-bond acceptors (Lipinski definition) is 4. The molecule has 3 aromatic rings. The smallest absolute Gasteiger partial charge is 0.264 e. The Hall–Kier alpha value is -3.43. The van der Waals surface area contributed by atoms with Crippen LogP contribution < -0.4 is 9.62 Å². The number of sulfonamides is 1. The molecule has 220 valence electrons. The molecule has 0 spiro atoms. The number of benzene rings is 3. The number of carbonyl (C=O) groups excluding carboxylic acids is 2. The lowest BCUT2D eigenvalue weighted by molar-refractivity contribution is -0.140. The van der Waals surface area contributed by atoms with Crippen molar-refractivity contribution >= 4 is 39.1 Å². The van der Waals surface area contributed by atoms with Gasteiger partial charge in [-0.1, -0.05) is 68.3 Å². The van der Waals surface area contributed by atoms with Crippen LogP contribution in [-0.4, -0.2) is 44.3 Å². The van der Waals surface area contributed by atoms with Gasteiger partial charge in [0.05, 0.1) is 10.6 Å². The summed E-state index contributed by atoms with van der Waals surface area (Å²) in [4.78, 5) is 28.7. The molecule has 3 rings (SSSR count). The minimum Gasteiger partial charge on any atom is -0.354 e. The van der Waals surface area contributed by atoms with Gasteiger partial charge < -0.3 is 10.2 Å². The van der Waals surface area contributed by atoms with Crippen molar-refractivity contribution in [3.63, 3.8) is 0 Å². The highest BCUT2D eigenvalue weighted by Gasteiger charge is 2.34. The molecule has 0 saturated carbocycles. The second kappa shape index (κ2) is 14.0. The third-order valence-corrected chi connectivity index (χ3v) is 8.86. The predicted molar refractivity (Wildman–Crippen MR) is 161 cm³/mol. The van der Waals surface area contributed by atoms with Crippen LogP contribution in [0.15, 0.2) is 71.6 Å². The minimum absolute atomic E-state index is 0.0133. The summed E-state index contributed by atoms with van der Waals surface area (Å²) in [5, 5.41) is 3.23. The molecule has 0 aliphatic rings. The van der Waals surface area contributed by atoms with E-state index in [2.05, 4.69) is 5.32 Å². The molecule has 0 bridgehead atoms. The molecule has 0 saturated heterocycles. The van der Waals surface area contributed by atoms with Gasteiger partial charge in [-0.15, -0.1) is 0 Å². The van der Waals surface area contributed by atoms with Gasteiger partial charge in [0.25, 0.3) is 10.0 Å². The van der Waals surface area contributed by atoms with E-state index < -0.39 is 34.3 Å². The zero-order valence-electron chi connectivity index (χ0n) is 24.0. The number of halogens is 2. The molecule has 0 heterocycles. The first-order chi connectivity index (χ1) is 19.3. The van der Waals surface area contributed by atoms with E-state index in [0.717, 1.165) is 15.4 Å². The summed E-state index contributed by atoms with van der Waals surface area (Å²) in [5.41, 5.74) is 2.45. The molecule has 0 aliphatic heterocycles. The monoisotopic (exact) mass is 601 g/mol. The summed E-state index contributed by atoms with van der Waals surface area (Å²) >= 11 is 6.37. The van der Waals surface area contributed by atoms with Crippen molar-refractivity contribution in [1.29, 1.82) is 0 Å². The van der Waals surface area contributed by atoms with Crippen LogP contribution in [-0.2, 0) is 26.2 Å². The molecule has 0 radical (unpaired) electrons. The summed E-state index contributed by atoms with van der Waals surface area (Å²) in [5.74, 6) is -1.17. The minimum atomic E-state index is -4.20. The Labute approximate surface area is 247 Å². The van der Waals surface area contributed by atoms with E-state index in [4.69, 9.17) is 11.6 Å². The van der Waals surface area contributed by atoms with Crippen molar-refractivity contribution in [2.45, 2.75) is 58.5 Å². The van der Waals surface area contributed by atoms with Crippen molar-refractivity contribution in [2.24, 2.45) is 5.92 Å². The Bertz CT molecular complexity index is 1460. The van der Waals surface area contributed by atoms with Crippen molar-refractivity contribution < 1.29 is 22.4 Å². The third-order valence-electron chi connectivity index (χ3n) is 6.67. The maximum absolute atomic E-state index is 14.1. The van der Waals surface area contributed by atoms with E-state index in [0.29, 0.717) is 17.1 Å². The van der Waals surface area contributed by atoms with Gasteiger partial charge in [-0.2, -0.15) is 0 Å². The first-order valence-corrected chi connectivity index (χ1v) is 15.3. The van der Waals surface area contributed by atoms with E-state index in [1.54, 1.807) is 38.1 Å². The van der Waals surface area contributed by atoms with E-state index in [9.17, 15) is 22.4 Å². The molecule has 0 aromatic heterocycles. The number of rotatable bonds is 12. The fourth-order valence-electron chi connectivity index (χ4n) is 4.23. The van der Waals surface area contributed by atoms with Gasteiger partial charge in [0.15, 0.2) is 0 Å². The van der Waals surface area contributed by atoms with Crippen LogP contribution in [0, 0.1) is 25.6 Å². The second-order valence-electron chi connectivity index (χ2n) is 10.5. The Morgan fingerprint density at radius 2 is 1.61 bits per heavy atom. The van der Waals surface area contributed by atoms with Gasteiger partial charge in [0, 0.05) is 18.1 Å². The lowest BCUT2D eigenvalue weighted by Crippen LogP contribution is -2.52. The SMILES string of the molecule is CC[C@H](C(=O)NCC(C)C)N(Cc1ccc(F)cc1)C(=O)CN(c1ccc(C)c(Cl)c1)S(=O)(=O)c1ccc(C)cc1. The zero-order valence-corrected chi connectivity index (χ0v) is 25.6. The number of anilines is 1. The highest BCUT2D eigenvalue weighted by Crippen LogP contribution is 2.29. The number of nitrogens with one attached hydrogen (secondary N) is 1. The Balaban J connectivity index is 2.06. The van der Waals surface area contributed by atoms with Crippen LogP contribution in [0.4, 0.5) is 10.1 Å². The largest absolute Gasteiger partial charge is 0.354 e. The molecule has 10 heteroatoms. The molecule has 3 aromatic carbocycles. The van der Waals surface area contributed by atoms with Gasteiger partial charge in [0.2, 0.25) is 11.8 Å². The topological polar surface area (TPSA) is 86.8 Å². The van der Waals surface area contributed by atoms with E-state index in [1.807, 2.05) is 20.8 Å². The number of amides is 2. The molecule has 0 fully saturated rings. The summed E-state index contributed by atoms with van der Waals surface area (Å²) in [6.45, 7) is 9.17. The van der Waals surface area contributed by atoms with Crippen LogP contribution in [0.3, 0.4) is 0 Å². The van der Waals surface area contributed by atoms with E-state index in [1.165, 1.54) is 47.4 Å². The van der Waals surface area contributed by atoms with Crippen LogP contribution in [0.5, 0.6) is 0 Å². The molecular weight excluding hydrogens is 565 g/mol. The van der Waals surface area contributed by atoms with Crippen LogP contribution >= 0.6 is 11.6 Å². The second-order valence-corrected chi connectivity index (χ2v) is 12.7. The predicted octanol–water partition coefficient (Wildman–Crippen LogP) is 5.87. The highest BCUT2D eigenvalue weighted by atomic mass is 35.5. The molecule has 7 nitrogen and oxygen atoms in total. The number of nitrogens with zero attached hydrogens (tertiary/aromatic N) is 2. The quantitative estimate of drug-likeness (QED) is 0.281. The molecule has 0 aliphatic carbocycles. The van der Waals surface area contributed by atoms with Crippen molar-refractivity contribution in [3.05, 3.63) is 94.3 Å². The summed E-state index contributed by atoms with van der Waals surface area (Å²) in [7, 11) is -4.20. The van der Waals surface area contributed by atoms with Crippen LogP contribution in [0.2, 0.25) is 5.02 Å². The van der Waals surface area contributed by atoms with Gasteiger partial charge in [-0.3, -0.25) is 13.9 Å². The summed E-state index contributed by atoms with van der Waals surface area (Å²) < 4.78 is 42.5. The average Bonchev–Trinajstić information content (AvgIpc) is 2.93. The van der Waals surface area contributed by atoms with Crippen molar-refractivity contribution in [1.82, 2.24) is 10.2 Å².